The van der Waals surface area contributed by atoms with E-state index in [-0.39, 0.29) is 0 Å². The number of benzene rings is 3. The number of nitrogens with zero attached hydrogens (tertiary/aromatic N) is 2. The van der Waals surface area contributed by atoms with Gasteiger partial charge in [-0.1, -0.05) is 66.7 Å². The molecular formula is C19H16N2. The predicted octanol–water partition coefficient (Wildman–Crippen LogP) is 4.11. The highest BCUT2D eigenvalue weighted by molar-refractivity contribution is 6.14. The molecule has 3 aromatic carbocycles. The maximum Gasteiger partial charge on any atom is 0.135 e. The van der Waals surface area contributed by atoms with Crippen molar-refractivity contribution in [2.24, 2.45) is 4.99 Å². The third-order valence-electron chi connectivity index (χ3n) is 3.93. The fourth-order valence-corrected chi connectivity index (χ4v) is 2.96. The first-order chi connectivity index (χ1) is 10.4. The Morgan fingerprint density at radius 1 is 0.762 bits per heavy atom. The number of hydrogen-bond donors (Lipinski definition) is 0. The van der Waals surface area contributed by atoms with Crippen LogP contribution in [0.15, 0.2) is 77.8 Å². The van der Waals surface area contributed by atoms with E-state index in [2.05, 4.69) is 71.6 Å². The van der Waals surface area contributed by atoms with Gasteiger partial charge in [-0.25, -0.2) is 0 Å². The quantitative estimate of drug-likeness (QED) is 0.685. The molecular weight excluding hydrogens is 256 g/mol. The summed E-state index contributed by atoms with van der Waals surface area (Å²) in [6, 6.07) is 25.4. The van der Waals surface area contributed by atoms with E-state index in [0.717, 1.165) is 18.9 Å². The lowest BCUT2D eigenvalue weighted by atomic mass is 10.1. The molecule has 1 aliphatic rings. The molecule has 0 aliphatic carbocycles. The van der Waals surface area contributed by atoms with Crippen LogP contribution < -0.4 is 4.90 Å². The fourth-order valence-electron chi connectivity index (χ4n) is 2.96. The van der Waals surface area contributed by atoms with Crippen LogP contribution in [0.2, 0.25) is 0 Å². The van der Waals surface area contributed by atoms with Crippen LogP contribution in [0.3, 0.4) is 0 Å². The standard InChI is InChI=1S/C19H16N2/c1-2-8-16(9-3-1)19-20-13-14-21(19)18-12-6-10-15-7-4-5-11-17(15)18/h1-12H,13-14H2. The van der Waals surface area contributed by atoms with E-state index in [1.165, 1.54) is 22.0 Å². The molecule has 1 aliphatic heterocycles. The minimum Gasteiger partial charge on any atom is -0.324 e. The Kier molecular flexibility index (Phi) is 2.93. The van der Waals surface area contributed by atoms with Gasteiger partial charge in [0.2, 0.25) is 0 Å². The summed E-state index contributed by atoms with van der Waals surface area (Å²) < 4.78 is 0. The van der Waals surface area contributed by atoms with Crippen molar-refractivity contribution >= 4 is 22.3 Å². The number of anilines is 1. The van der Waals surface area contributed by atoms with E-state index in [0.29, 0.717) is 0 Å². The molecule has 1 heterocycles. The van der Waals surface area contributed by atoms with Gasteiger partial charge in [-0.2, -0.15) is 0 Å². The maximum absolute atomic E-state index is 4.71. The lowest BCUT2D eigenvalue weighted by Crippen LogP contribution is -2.28. The van der Waals surface area contributed by atoms with Crippen LogP contribution in [-0.2, 0) is 0 Å². The minimum absolute atomic E-state index is 0.855. The van der Waals surface area contributed by atoms with Crippen LogP contribution in [0.5, 0.6) is 0 Å². The summed E-state index contributed by atoms with van der Waals surface area (Å²) in [6.07, 6.45) is 0. The zero-order valence-corrected chi connectivity index (χ0v) is 11.7. The van der Waals surface area contributed by atoms with Gasteiger partial charge in [0.05, 0.1) is 12.2 Å². The van der Waals surface area contributed by atoms with Crippen molar-refractivity contribution in [1.29, 1.82) is 0 Å². The lowest BCUT2D eigenvalue weighted by Gasteiger charge is -2.22. The van der Waals surface area contributed by atoms with E-state index in [1.54, 1.807) is 0 Å². The van der Waals surface area contributed by atoms with Crippen molar-refractivity contribution in [3.05, 3.63) is 78.4 Å². The van der Waals surface area contributed by atoms with Crippen molar-refractivity contribution in [3.63, 3.8) is 0 Å². The van der Waals surface area contributed by atoms with Crippen LogP contribution in [0, 0.1) is 0 Å². The summed E-state index contributed by atoms with van der Waals surface area (Å²) in [7, 11) is 0. The topological polar surface area (TPSA) is 15.6 Å². The second-order valence-corrected chi connectivity index (χ2v) is 5.22. The van der Waals surface area contributed by atoms with E-state index in [1.807, 2.05) is 6.07 Å². The van der Waals surface area contributed by atoms with Gasteiger partial charge in [0.15, 0.2) is 0 Å². The summed E-state index contributed by atoms with van der Waals surface area (Å²) in [5, 5.41) is 2.56. The van der Waals surface area contributed by atoms with Gasteiger partial charge in [-0.05, 0) is 11.5 Å². The Bertz CT molecular complexity index is 801. The normalized spacial score (nSPS) is 14.5. The van der Waals surface area contributed by atoms with E-state index in [9.17, 15) is 0 Å². The van der Waals surface area contributed by atoms with Gasteiger partial charge in [0, 0.05) is 17.5 Å². The smallest absolute Gasteiger partial charge is 0.135 e. The van der Waals surface area contributed by atoms with E-state index >= 15 is 0 Å². The van der Waals surface area contributed by atoms with Crippen molar-refractivity contribution in [3.8, 4) is 0 Å². The predicted molar refractivity (Wildman–Crippen MR) is 89.1 cm³/mol. The molecule has 0 spiro atoms. The molecule has 102 valence electrons. The van der Waals surface area contributed by atoms with Crippen molar-refractivity contribution < 1.29 is 0 Å². The molecule has 2 heteroatoms. The van der Waals surface area contributed by atoms with E-state index < -0.39 is 0 Å². The van der Waals surface area contributed by atoms with Gasteiger partial charge in [-0.15, -0.1) is 0 Å². The average molecular weight is 272 g/mol. The number of aliphatic imine (C=N–C) groups is 1. The monoisotopic (exact) mass is 272 g/mol. The summed E-state index contributed by atoms with van der Waals surface area (Å²) in [5.41, 5.74) is 2.43. The summed E-state index contributed by atoms with van der Waals surface area (Å²) in [6.45, 7) is 1.80. The third kappa shape index (κ3) is 2.09. The van der Waals surface area contributed by atoms with Crippen molar-refractivity contribution in [1.82, 2.24) is 0 Å². The molecule has 21 heavy (non-hydrogen) atoms. The number of fused-ring (bicyclic) bond motifs is 1. The van der Waals surface area contributed by atoms with Crippen LogP contribution in [0.25, 0.3) is 10.8 Å². The van der Waals surface area contributed by atoms with Crippen LogP contribution >= 0.6 is 0 Å². The number of hydrogen-bond acceptors (Lipinski definition) is 2. The highest BCUT2D eigenvalue weighted by Crippen LogP contribution is 2.29. The first kappa shape index (κ1) is 12.2. The number of amidine groups is 1. The van der Waals surface area contributed by atoms with Gasteiger partial charge in [-0.3, -0.25) is 4.99 Å². The Hall–Kier alpha value is -2.61. The lowest BCUT2D eigenvalue weighted by molar-refractivity contribution is 1.03. The van der Waals surface area contributed by atoms with Gasteiger partial charge in [0.1, 0.15) is 5.84 Å². The molecule has 0 radical (unpaired) electrons. The van der Waals surface area contributed by atoms with Crippen LogP contribution in [-0.4, -0.2) is 18.9 Å². The second-order valence-electron chi connectivity index (χ2n) is 5.22. The molecule has 0 atom stereocenters. The molecule has 0 fully saturated rings. The molecule has 0 amide bonds. The summed E-state index contributed by atoms with van der Waals surface area (Å²) in [5.74, 6) is 1.08. The first-order valence-electron chi connectivity index (χ1n) is 7.29. The molecule has 0 unspecified atom stereocenters. The van der Waals surface area contributed by atoms with Gasteiger partial charge in [0.25, 0.3) is 0 Å². The number of rotatable bonds is 2. The zero-order chi connectivity index (χ0) is 14.1. The Balaban J connectivity index is 1.84. The average Bonchev–Trinajstić information content (AvgIpc) is 3.04. The fraction of sp³-hybridized carbons (Fsp3) is 0.105. The highest BCUT2D eigenvalue weighted by Gasteiger charge is 2.21. The molecule has 2 nitrogen and oxygen atoms in total. The maximum atomic E-state index is 4.71. The van der Waals surface area contributed by atoms with Gasteiger partial charge < -0.3 is 4.90 Å². The largest absolute Gasteiger partial charge is 0.324 e. The second kappa shape index (κ2) is 5.06. The Morgan fingerprint density at radius 3 is 2.43 bits per heavy atom. The molecule has 0 saturated carbocycles. The Morgan fingerprint density at radius 2 is 1.52 bits per heavy atom. The van der Waals surface area contributed by atoms with Crippen molar-refractivity contribution in [2.45, 2.75) is 0 Å². The zero-order valence-electron chi connectivity index (χ0n) is 11.7. The van der Waals surface area contributed by atoms with Crippen molar-refractivity contribution in [2.75, 3.05) is 18.0 Å². The first-order valence-corrected chi connectivity index (χ1v) is 7.29. The van der Waals surface area contributed by atoms with Gasteiger partial charge >= 0.3 is 0 Å². The van der Waals surface area contributed by atoms with E-state index in [4.69, 9.17) is 4.99 Å². The summed E-state index contributed by atoms with van der Waals surface area (Å²) in [4.78, 5) is 7.04. The van der Waals surface area contributed by atoms with Crippen LogP contribution in [0.1, 0.15) is 5.56 Å². The molecule has 0 aromatic heterocycles. The van der Waals surface area contributed by atoms with Crippen LogP contribution in [0.4, 0.5) is 5.69 Å². The molecule has 4 rings (SSSR count). The SMILES string of the molecule is c1ccc(C2=NCCN2c2cccc3ccccc23)cc1. The third-order valence-corrected chi connectivity index (χ3v) is 3.93. The Labute approximate surface area is 124 Å². The molecule has 3 aromatic rings. The highest BCUT2D eigenvalue weighted by atomic mass is 15.2. The summed E-state index contributed by atoms with van der Waals surface area (Å²) >= 11 is 0. The molecule has 0 N–H and O–H groups in total. The molecule has 0 saturated heterocycles. The minimum atomic E-state index is 0.855. The molecule has 0 bridgehead atoms.